The van der Waals surface area contributed by atoms with Gasteiger partial charge in [0.25, 0.3) is 0 Å². The van der Waals surface area contributed by atoms with Crippen LogP contribution in [-0.4, -0.2) is 11.5 Å². The summed E-state index contributed by atoms with van der Waals surface area (Å²) < 4.78 is 5.57. The van der Waals surface area contributed by atoms with Crippen LogP contribution in [0.15, 0.2) is 24.3 Å². The van der Waals surface area contributed by atoms with Gasteiger partial charge >= 0.3 is 0 Å². The molecule has 1 nitrogen and oxygen atoms in total. The van der Waals surface area contributed by atoms with Gasteiger partial charge < -0.3 is 4.74 Å². The fraction of sp³-hybridized carbons (Fsp3) is 0.538. The van der Waals surface area contributed by atoms with Crippen LogP contribution in [0.1, 0.15) is 32.8 Å². The van der Waals surface area contributed by atoms with Crippen LogP contribution >= 0.6 is 11.6 Å². The quantitative estimate of drug-likeness (QED) is 0.689. The summed E-state index contributed by atoms with van der Waals surface area (Å²) in [4.78, 5) is 0. The molecule has 1 rings (SSSR count). The average molecular weight is 227 g/mol. The Balaban J connectivity index is 2.56. The zero-order valence-electron chi connectivity index (χ0n) is 9.66. The molecule has 1 aromatic carbocycles. The third-order valence-corrected chi connectivity index (χ3v) is 2.66. The molecule has 0 aliphatic heterocycles. The van der Waals surface area contributed by atoms with Crippen molar-refractivity contribution in [1.82, 2.24) is 0 Å². The first-order valence-corrected chi connectivity index (χ1v) is 5.95. The molecule has 0 aliphatic carbocycles. The van der Waals surface area contributed by atoms with Gasteiger partial charge in [0, 0.05) is 5.38 Å². The minimum atomic E-state index is 0.229. The number of ether oxygens (including phenoxy) is 1. The lowest BCUT2D eigenvalue weighted by molar-refractivity contribution is 0.242. The van der Waals surface area contributed by atoms with Crippen LogP contribution < -0.4 is 4.74 Å². The highest BCUT2D eigenvalue weighted by Gasteiger charge is 2.03. The SMILES string of the molecule is CCC(Cl)Cc1ccc(OC(C)C)cc1. The summed E-state index contributed by atoms with van der Waals surface area (Å²) >= 11 is 6.09. The van der Waals surface area contributed by atoms with Crippen LogP contribution in [0.3, 0.4) is 0 Å². The zero-order valence-corrected chi connectivity index (χ0v) is 10.4. The van der Waals surface area contributed by atoms with Gasteiger partial charge in [-0.25, -0.2) is 0 Å². The number of hydrogen-bond acceptors (Lipinski definition) is 1. The molecular weight excluding hydrogens is 208 g/mol. The summed E-state index contributed by atoms with van der Waals surface area (Å²) in [7, 11) is 0. The lowest BCUT2D eigenvalue weighted by Gasteiger charge is -2.11. The Morgan fingerprint density at radius 2 is 1.80 bits per heavy atom. The minimum absolute atomic E-state index is 0.229. The Hall–Kier alpha value is -0.690. The summed E-state index contributed by atoms with van der Waals surface area (Å²) in [6, 6.07) is 8.19. The summed E-state index contributed by atoms with van der Waals surface area (Å²) in [5.41, 5.74) is 1.27. The van der Waals surface area contributed by atoms with Gasteiger partial charge in [-0.3, -0.25) is 0 Å². The molecule has 15 heavy (non-hydrogen) atoms. The second kappa shape index (κ2) is 6.02. The van der Waals surface area contributed by atoms with Crippen molar-refractivity contribution in [2.75, 3.05) is 0 Å². The fourth-order valence-electron chi connectivity index (χ4n) is 1.38. The molecule has 0 bridgehead atoms. The molecule has 0 saturated heterocycles. The molecular formula is C13H19ClO. The van der Waals surface area contributed by atoms with Crippen LogP contribution in [0.5, 0.6) is 5.75 Å². The van der Waals surface area contributed by atoms with Crippen LogP contribution in [0.2, 0.25) is 0 Å². The molecule has 0 amide bonds. The highest BCUT2D eigenvalue weighted by atomic mass is 35.5. The van der Waals surface area contributed by atoms with Crippen molar-refractivity contribution in [2.24, 2.45) is 0 Å². The first-order chi connectivity index (χ1) is 7.11. The Labute approximate surface area is 97.4 Å². The molecule has 1 unspecified atom stereocenters. The summed E-state index contributed by atoms with van der Waals surface area (Å²) in [6.45, 7) is 6.16. The molecule has 1 aromatic rings. The predicted octanol–water partition coefficient (Wildman–Crippen LogP) is 4.03. The molecule has 2 heteroatoms. The van der Waals surface area contributed by atoms with E-state index in [1.165, 1.54) is 5.56 Å². The minimum Gasteiger partial charge on any atom is -0.491 e. The van der Waals surface area contributed by atoms with Gasteiger partial charge in [0.2, 0.25) is 0 Å². The van der Waals surface area contributed by atoms with Gasteiger partial charge in [-0.2, -0.15) is 0 Å². The third-order valence-electron chi connectivity index (χ3n) is 2.20. The smallest absolute Gasteiger partial charge is 0.119 e. The van der Waals surface area contributed by atoms with Crippen LogP contribution in [0.4, 0.5) is 0 Å². The molecule has 0 fully saturated rings. The van der Waals surface area contributed by atoms with E-state index >= 15 is 0 Å². The van der Waals surface area contributed by atoms with Crippen molar-refractivity contribution < 1.29 is 4.74 Å². The number of hydrogen-bond donors (Lipinski definition) is 0. The second-order valence-corrected chi connectivity index (χ2v) is 4.64. The second-order valence-electron chi connectivity index (χ2n) is 4.02. The van der Waals surface area contributed by atoms with Gasteiger partial charge in [0.15, 0.2) is 0 Å². The van der Waals surface area contributed by atoms with Crippen molar-refractivity contribution in [3.05, 3.63) is 29.8 Å². The lowest BCUT2D eigenvalue weighted by Crippen LogP contribution is -2.06. The van der Waals surface area contributed by atoms with Gasteiger partial charge in [-0.1, -0.05) is 19.1 Å². The highest BCUT2D eigenvalue weighted by Crippen LogP contribution is 2.17. The normalized spacial score (nSPS) is 12.9. The first-order valence-electron chi connectivity index (χ1n) is 5.51. The molecule has 84 valence electrons. The fourth-order valence-corrected chi connectivity index (χ4v) is 1.55. The van der Waals surface area contributed by atoms with Crippen molar-refractivity contribution in [1.29, 1.82) is 0 Å². The van der Waals surface area contributed by atoms with Gasteiger partial charge in [0.05, 0.1) is 6.10 Å². The topological polar surface area (TPSA) is 9.23 Å². The molecule has 0 spiro atoms. The van der Waals surface area contributed by atoms with Crippen molar-refractivity contribution in [3.8, 4) is 5.75 Å². The molecule has 0 saturated carbocycles. The van der Waals surface area contributed by atoms with E-state index in [-0.39, 0.29) is 11.5 Å². The third kappa shape index (κ3) is 4.57. The molecule has 0 aromatic heterocycles. The largest absolute Gasteiger partial charge is 0.491 e. The van der Waals surface area contributed by atoms with E-state index in [4.69, 9.17) is 16.3 Å². The molecule has 0 N–H and O–H groups in total. The standard InChI is InChI=1S/C13H19ClO/c1-4-12(14)9-11-5-7-13(8-6-11)15-10(2)3/h5-8,10,12H,4,9H2,1-3H3. The molecule has 0 heterocycles. The maximum atomic E-state index is 6.09. The Morgan fingerprint density at radius 3 is 2.27 bits per heavy atom. The van der Waals surface area contributed by atoms with Gasteiger partial charge in [-0.05, 0) is 44.4 Å². The average Bonchev–Trinajstić information content (AvgIpc) is 2.20. The van der Waals surface area contributed by atoms with Crippen LogP contribution in [0.25, 0.3) is 0 Å². The lowest BCUT2D eigenvalue weighted by atomic mass is 10.1. The van der Waals surface area contributed by atoms with Crippen LogP contribution in [-0.2, 0) is 6.42 Å². The summed E-state index contributed by atoms with van der Waals surface area (Å²) in [5, 5.41) is 0.238. The number of rotatable bonds is 5. The first kappa shape index (κ1) is 12.4. The predicted molar refractivity (Wildman–Crippen MR) is 65.8 cm³/mol. The van der Waals surface area contributed by atoms with E-state index < -0.39 is 0 Å². The van der Waals surface area contributed by atoms with Crippen molar-refractivity contribution >= 4 is 11.6 Å². The number of alkyl halides is 1. The van der Waals surface area contributed by atoms with Gasteiger partial charge in [0.1, 0.15) is 5.75 Å². The van der Waals surface area contributed by atoms with E-state index in [9.17, 15) is 0 Å². The molecule has 0 aliphatic rings. The van der Waals surface area contributed by atoms with E-state index in [2.05, 4.69) is 19.1 Å². The maximum absolute atomic E-state index is 6.09. The Bertz CT molecular complexity index is 279. The number of benzene rings is 1. The van der Waals surface area contributed by atoms with Crippen molar-refractivity contribution in [2.45, 2.75) is 45.1 Å². The Morgan fingerprint density at radius 1 is 1.20 bits per heavy atom. The van der Waals surface area contributed by atoms with E-state index in [1.807, 2.05) is 26.0 Å². The molecule has 1 atom stereocenters. The van der Waals surface area contributed by atoms with Crippen molar-refractivity contribution in [3.63, 3.8) is 0 Å². The highest BCUT2D eigenvalue weighted by molar-refractivity contribution is 6.20. The monoisotopic (exact) mass is 226 g/mol. The van der Waals surface area contributed by atoms with Gasteiger partial charge in [-0.15, -0.1) is 11.6 Å². The van der Waals surface area contributed by atoms with Crippen LogP contribution in [0, 0.1) is 0 Å². The maximum Gasteiger partial charge on any atom is 0.119 e. The van der Waals surface area contributed by atoms with E-state index in [0.29, 0.717) is 0 Å². The van der Waals surface area contributed by atoms with E-state index in [1.54, 1.807) is 0 Å². The Kier molecular flexibility index (Phi) is 4.97. The summed E-state index contributed by atoms with van der Waals surface area (Å²) in [5.74, 6) is 0.927. The number of halogens is 1. The molecule has 0 radical (unpaired) electrons. The zero-order chi connectivity index (χ0) is 11.3. The van der Waals surface area contributed by atoms with E-state index in [0.717, 1.165) is 18.6 Å². The summed E-state index contributed by atoms with van der Waals surface area (Å²) in [6.07, 6.45) is 2.17.